The van der Waals surface area contributed by atoms with Crippen LogP contribution in [0.4, 0.5) is 0 Å². The Morgan fingerprint density at radius 1 is 1.75 bits per heavy atom. The molecule has 0 aromatic rings. The average Bonchev–Trinajstić information content (AvgIpc) is 2.06. The number of carbonyl (C=O) groups is 1. The van der Waals surface area contributed by atoms with Gasteiger partial charge in [0.15, 0.2) is 5.78 Å². The van der Waals surface area contributed by atoms with Crippen LogP contribution in [-0.4, -0.2) is 17.0 Å². The molecule has 0 radical (unpaired) electrons. The van der Waals surface area contributed by atoms with E-state index in [9.17, 15) is 9.90 Å². The molecule has 2 heteroatoms. The minimum Gasteiger partial charge on any atom is -0.389 e. The zero-order valence-electron chi connectivity index (χ0n) is 7.23. The number of aliphatic hydroxyl groups is 1. The molecule has 0 spiro atoms. The maximum absolute atomic E-state index is 11.2. The van der Waals surface area contributed by atoms with E-state index in [0.29, 0.717) is 6.42 Å². The molecule has 2 nitrogen and oxygen atoms in total. The van der Waals surface area contributed by atoms with Gasteiger partial charge in [-0.2, -0.15) is 0 Å². The van der Waals surface area contributed by atoms with Gasteiger partial charge in [-0.1, -0.05) is 19.1 Å². The molecular formula is C10H14O2. The van der Waals surface area contributed by atoms with Gasteiger partial charge in [0.25, 0.3) is 0 Å². The second kappa shape index (κ2) is 3.68. The summed E-state index contributed by atoms with van der Waals surface area (Å²) in [7, 11) is 0. The Morgan fingerprint density at radius 3 is 3.00 bits per heavy atom. The Bertz CT molecular complexity index is 218. The van der Waals surface area contributed by atoms with E-state index in [1.54, 1.807) is 12.2 Å². The summed E-state index contributed by atoms with van der Waals surface area (Å²) in [6.07, 6.45) is 4.98. The topological polar surface area (TPSA) is 37.3 Å². The van der Waals surface area contributed by atoms with E-state index in [1.807, 2.05) is 6.92 Å². The second-order valence-corrected chi connectivity index (χ2v) is 3.23. The molecule has 1 N–H and O–H groups in total. The lowest BCUT2D eigenvalue weighted by molar-refractivity contribution is -0.121. The minimum absolute atomic E-state index is 0.0139. The number of allylic oxidation sites excluding steroid dienone is 2. The summed E-state index contributed by atoms with van der Waals surface area (Å²) in [6.45, 7) is 5.45. The third kappa shape index (κ3) is 1.64. The van der Waals surface area contributed by atoms with E-state index < -0.39 is 6.10 Å². The van der Waals surface area contributed by atoms with Crippen molar-refractivity contribution >= 4 is 5.78 Å². The molecule has 3 atom stereocenters. The lowest BCUT2D eigenvalue weighted by Crippen LogP contribution is -2.32. The van der Waals surface area contributed by atoms with Gasteiger partial charge in [0.2, 0.25) is 0 Å². The highest BCUT2D eigenvalue weighted by Gasteiger charge is 2.29. The molecule has 0 amide bonds. The first-order chi connectivity index (χ1) is 5.66. The highest BCUT2D eigenvalue weighted by molar-refractivity contribution is 5.92. The monoisotopic (exact) mass is 166 g/mol. The van der Waals surface area contributed by atoms with Gasteiger partial charge in [0, 0.05) is 11.8 Å². The van der Waals surface area contributed by atoms with Gasteiger partial charge in [-0.3, -0.25) is 4.79 Å². The summed E-state index contributed by atoms with van der Waals surface area (Å²) >= 11 is 0. The Labute approximate surface area is 72.6 Å². The van der Waals surface area contributed by atoms with Gasteiger partial charge in [-0.15, -0.1) is 6.58 Å². The van der Waals surface area contributed by atoms with Crippen molar-refractivity contribution in [1.82, 2.24) is 0 Å². The summed E-state index contributed by atoms with van der Waals surface area (Å²) < 4.78 is 0. The van der Waals surface area contributed by atoms with Crippen LogP contribution in [0.2, 0.25) is 0 Å². The number of rotatable bonds is 2. The van der Waals surface area contributed by atoms with E-state index in [1.165, 1.54) is 6.08 Å². The van der Waals surface area contributed by atoms with Gasteiger partial charge < -0.3 is 5.11 Å². The number of hydrogen-bond acceptors (Lipinski definition) is 2. The third-order valence-electron chi connectivity index (χ3n) is 2.43. The van der Waals surface area contributed by atoms with Crippen molar-refractivity contribution in [3.05, 3.63) is 24.8 Å². The maximum atomic E-state index is 11.2. The fourth-order valence-corrected chi connectivity index (χ4v) is 1.53. The molecule has 12 heavy (non-hydrogen) atoms. The molecule has 0 aliphatic heterocycles. The maximum Gasteiger partial charge on any atom is 0.158 e. The van der Waals surface area contributed by atoms with E-state index in [4.69, 9.17) is 0 Å². The van der Waals surface area contributed by atoms with E-state index >= 15 is 0 Å². The van der Waals surface area contributed by atoms with Crippen molar-refractivity contribution < 1.29 is 9.90 Å². The highest BCUT2D eigenvalue weighted by atomic mass is 16.3. The first-order valence-electron chi connectivity index (χ1n) is 4.18. The van der Waals surface area contributed by atoms with Crippen molar-refractivity contribution in [3.63, 3.8) is 0 Å². The van der Waals surface area contributed by atoms with Crippen LogP contribution in [0.5, 0.6) is 0 Å². The van der Waals surface area contributed by atoms with Gasteiger partial charge in [0.1, 0.15) is 0 Å². The first-order valence-corrected chi connectivity index (χ1v) is 4.18. The largest absolute Gasteiger partial charge is 0.389 e. The fraction of sp³-hybridized carbons (Fsp3) is 0.500. The lowest BCUT2D eigenvalue weighted by atomic mass is 9.79. The number of ketones is 1. The van der Waals surface area contributed by atoms with Crippen LogP contribution in [0.3, 0.4) is 0 Å². The predicted molar refractivity (Wildman–Crippen MR) is 47.6 cm³/mol. The van der Waals surface area contributed by atoms with Gasteiger partial charge in [-0.25, -0.2) is 0 Å². The SMILES string of the molecule is C=CCC1C(O)C=CC(=O)C1C. The summed E-state index contributed by atoms with van der Waals surface area (Å²) in [4.78, 5) is 11.2. The Balaban J connectivity index is 2.76. The van der Waals surface area contributed by atoms with E-state index in [2.05, 4.69) is 6.58 Å². The zero-order valence-corrected chi connectivity index (χ0v) is 7.23. The van der Waals surface area contributed by atoms with Crippen LogP contribution in [0.25, 0.3) is 0 Å². The second-order valence-electron chi connectivity index (χ2n) is 3.23. The van der Waals surface area contributed by atoms with Crippen molar-refractivity contribution in [2.45, 2.75) is 19.4 Å². The molecule has 0 aromatic heterocycles. The van der Waals surface area contributed by atoms with Gasteiger partial charge in [0.05, 0.1) is 6.10 Å². The van der Waals surface area contributed by atoms with E-state index in [-0.39, 0.29) is 17.6 Å². The van der Waals surface area contributed by atoms with Crippen molar-refractivity contribution in [1.29, 1.82) is 0 Å². The summed E-state index contributed by atoms with van der Waals surface area (Å²) in [5.74, 6) is 0.0372. The normalized spacial score (nSPS) is 35.2. The standard InChI is InChI=1S/C10H14O2/c1-3-4-8-7(2)9(11)5-6-10(8)12/h3,5-8,10,12H,1,4H2,2H3. The molecule has 1 aliphatic carbocycles. The molecule has 0 fully saturated rings. The van der Waals surface area contributed by atoms with Gasteiger partial charge >= 0.3 is 0 Å². The van der Waals surface area contributed by atoms with Crippen LogP contribution >= 0.6 is 0 Å². The molecule has 0 heterocycles. The number of carbonyl (C=O) groups excluding carboxylic acids is 1. The fourth-order valence-electron chi connectivity index (χ4n) is 1.53. The van der Waals surface area contributed by atoms with Crippen molar-refractivity contribution in [2.24, 2.45) is 11.8 Å². The molecule has 0 saturated carbocycles. The van der Waals surface area contributed by atoms with Crippen LogP contribution in [0.1, 0.15) is 13.3 Å². The highest BCUT2D eigenvalue weighted by Crippen LogP contribution is 2.26. The third-order valence-corrected chi connectivity index (χ3v) is 2.43. The molecule has 0 saturated heterocycles. The Kier molecular flexibility index (Phi) is 2.82. The smallest absolute Gasteiger partial charge is 0.158 e. The van der Waals surface area contributed by atoms with Crippen molar-refractivity contribution in [2.75, 3.05) is 0 Å². The van der Waals surface area contributed by atoms with Crippen LogP contribution in [-0.2, 0) is 4.79 Å². The molecule has 66 valence electrons. The molecule has 0 aromatic carbocycles. The lowest BCUT2D eigenvalue weighted by Gasteiger charge is -2.27. The van der Waals surface area contributed by atoms with Crippen LogP contribution < -0.4 is 0 Å². The molecule has 1 aliphatic rings. The van der Waals surface area contributed by atoms with E-state index in [0.717, 1.165) is 0 Å². The molecule has 1 rings (SSSR count). The summed E-state index contributed by atoms with van der Waals surface area (Å²) in [5.41, 5.74) is 0. The Hall–Kier alpha value is -0.890. The van der Waals surface area contributed by atoms with Crippen molar-refractivity contribution in [3.8, 4) is 0 Å². The van der Waals surface area contributed by atoms with Crippen LogP contribution in [0.15, 0.2) is 24.8 Å². The molecular weight excluding hydrogens is 152 g/mol. The van der Waals surface area contributed by atoms with Crippen LogP contribution in [0, 0.1) is 11.8 Å². The zero-order chi connectivity index (χ0) is 9.14. The predicted octanol–water partition coefficient (Wildman–Crippen LogP) is 1.31. The minimum atomic E-state index is -0.490. The first kappa shape index (κ1) is 9.20. The summed E-state index contributed by atoms with van der Waals surface area (Å²) in [6, 6.07) is 0. The average molecular weight is 166 g/mol. The number of hydrogen-bond donors (Lipinski definition) is 1. The molecule has 3 unspecified atom stereocenters. The quantitative estimate of drug-likeness (QED) is 0.628. The number of aliphatic hydroxyl groups excluding tert-OH is 1. The summed E-state index contributed by atoms with van der Waals surface area (Å²) in [5, 5.41) is 9.50. The Morgan fingerprint density at radius 2 is 2.42 bits per heavy atom. The molecule has 0 bridgehead atoms. The van der Waals surface area contributed by atoms with Gasteiger partial charge in [-0.05, 0) is 12.5 Å².